The molecule has 0 aromatic heterocycles. The van der Waals surface area contributed by atoms with Crippen LogP contribution >= 0.6 is 0 Å². The summed E-state index contributed by atoms with van der Waals surface area (Å²) in [6.07, 6.45) is -0.266. The summed E-state index contributed by atoms with van der Waals surface area (Å²) in [4.78, 5) is 32.2. The number of nitro groups is 1. The number of aliphatic hydroxyl groups excluding tert-OH is 1. The molecule has 1 atom stereocenters. The standard InChI is InChI=1S/C11H11FN2O6/c12-8-2-1-6(14(19)20)5-7(8)10(16)13-9(3-4-15)11(17)18/h1-2,5,9,15H,3-4H2,(H,13,16)(H,17,18). The summed E-state index contributed by atoms with van der Waals surface area (Å²) in [5.74, 6) is -3.52. The van der Waals surface area contributed by atoms with Crippen LogP contribution in [0.4, 0.5) is 10.1 Å². The summed E-state index contributed by atoms with van der Waals surface area (Å²) in [5, 5.41) is 30.0. The van der Waals surface area contributed by atoms with Crippen molar-refractivity contribution in [3.8, 4) is 0 Å². The molecule has 0 fully saturated rings. The van der Waals surface area contributed by atoms with E-state index in [9.17, 15) is 24.1 Å². The first-order chi connectivity index (χ1) is 9.36. The van der Waals surface area contributed by atoms with E-state index in [-0.39, 0.29) is 6.42 Å². The van der Waals surface area contributed by atoms with E-state index in [1.165, 1.54) is 0 Å². The number of benzene rings is 1. The van der Waals surface area contributed by atoms with Gasteiger partial charge in [0.05, 0.1) is 10.5 Å². The molecule has 8 nitrogen and oxygen atoms in total. The number of amides is 1. The highest BCUT2D eigenvalue weighted by Gasteiger charge is 2.23. The normalized spacial score (nSPS) is 11.7. The molecule has 0 aliphatic rings. The van der Waals surface area contributed by atoms with Crippen LogP contribution in [0, 0.1) is 15.9 Å². The Morgan fingerprint density at radius 2 is 2.10 bits per heavy atom. The number of aliphatic hydroxyl groups is 1. The average Bonchev–Trinajstić information content (AvgIpc) is 2.38. The Kier molecular flexibility index (Phi) is 5.09. The van der Waals surface area contributed by atoms with Gasteiger partial charge in [0.15, 0.2) is 0 Å². The zero-order valence-electron chi connectivity index (χ0n) is 10.1. The van der Waals surface area contributed by atoms with Crippen LogP contribution in [0.1, 0.15) is 16.8 Å². The van der Waals surface area contributed by atoms with Gasteiger partial charge in [-0.25, -0.2) is 9.18 Å². The molecular weight excluding hydrogens is 275 g/mol. The Bertz CT molecular complexity index is 548. The second-order valence-electron chi connectivity index (χ2n) is 3.80. The summed E-state index contributed by atoms with van der Waals surface area (Å²) in [5.41, 5.74) is -1.13. The maximum atomic E-state index is 13.4. The first-order valence-electron chi connectivity index (χ1n) is 5.45. The molecule has 0 saturated heterocycles. The SMILES string of the molecule is O=C(NC(CCO)C(=O)O)c1cc([N+](=O)[O-])ccc1F. The lowest BCUT2D eigenvalue weighted by atomic mass is 10.1. The number of carbonyl (C=O) groups excluding carboxylic acids is 1. The fraction of sp³-hybridized carbons (Fsp3) is 0.273. The number of hydrogen-bond donors (Lipinski definition) is 3. The van der Waals surface area contributed by atoms with E-state index < -0.39 is 46.5 Å². The smallest absolute Gasteiger partial charge is 0.326 e. The van der Waals surface area contributed by atoms with Gasteiger partial charge >= 0.3 is 5.97 Å². The van der Waals surface area contributed by atoms with E-state index in [1.807, 2.05) is 5.32 Å². The van der Waals surface area contributed by atoms with Crippen molar-refractivity contribution >= 4 is 17.6 Å². The number of hydrogen-bond acceptors (Lipinski definition) is 5. The molecule has 1 rings (SSSR count). The summed E-state index contributed by atoms with van der Waals surface area (Å²) in [6, 6.07) is 0.928. The average molecular weight is 286 g/mol. The minimum atomic E-state index is -1.41. The van der Waals surface area contributed by atoms with Gasteiger partial charge < -0.3 is 15.5 Å². The Balaban J connectivity index is 2.99. The summed E-state index contributed by atoms with van der Waals surface area (Å²) in [6.45, 7) is -0.491. The second-order valence-corrected chi connectivity index (χ2v) is 3.80. The van der Waals surface area contributed by atoms with E-state index in [0.29, 0.717) is 6.07 Å². The molecule has 3 N–H and O–H groups in total. The van der Waals surface area contributed by atoms with Crippen LogP contribution in [0.15, 0.2) is 18.2 Å². The lowest BCUT2D eigenvalue weighted by molar-refractivity contribution is -0.384. The Morgan fingerprint density at radius 1 is 1.45 bits per heavy atom. The van der Waals surface area contributed by atoms with Gasteiger partial charge in [0.2, 0.25) is 0 Å². The molecule has 108 valence electrons. The topological polar surface area (TPSA) is 130 Å². The van der Waals surface area contributed by atoms with Crippen molar-refractivity contribution in [3.63, 3.8) is 0 Å². The Morgan fingerprint density at radius 3 is 2.60 bits per heavy atom. The zero-order chi connectivity index (χ0) is 15.3. The van der Waals surface area contributed by atoms with Crippen molar-refractivity contribution < 1.29 is 29.1 Å². The molecule has 0 aliphatic heterocycles. The van der Waals surface area contributed by atoms with E-state index in [1.54, 1.807) is 0 Å². The zero-order valence-corrected chi connectivity index (χ0v) is 10.1. The largest absolute Gasteiger partial charge is 0.480 e. The van der Waals surface area contributed by atoms with Gasteiger partial charge in [-0.15, -0.1) is 0 Å². The highest BCUT2D eigenvalue weighted by atomic mass is 19.1. The molecular formula is C11H11FN2O6. The summed E-state index contributed by atoms with van der Waals surface area (Å²) in [7, 11) is 0. The van der Waals surface area contributed by atoms with Crippen LogP contribution in [0.3, 0.4) is 0 Å². The molecule has 0 saturated carbocycles. The van der Waals surface area contributed by atoms with Crippen LogP contribution < -0.4 is 5.32 Å². The van der Waals surface area contributed by atoms with Crippen molar-refractivity contribution in [2.24, 2.45) is 0 Å². The fourth-order valence-electron chi connectivity index (χ4n) is 1.42. The number of halogens is 1. The predicted molar refractivity (Wildman–Crippen MR) is 63.6 cm³/mol. The van der Waals surface area contributed by atoms with Gasteiger partial charge in [0, 0.05) is 25.2 Å². The fourth-order valence-corrected chi connectivity index (χ4v) is 1.42. The van der Waals surface area contributed by atoms with Crippen LogP contribution in [0.2, 0.25) is 0 Å². The minimum absolute atomic E-state index is 0.266. The van der Waals surface area contributed by atoms with E-state index in [2.05, 4.69) is 0 Å². The van der Waals surface area contributed by atoms with Gasteiger partial charge in [-0.1, -0.05) is 0 Å². The van der Waals surface area contributed by atoms with Crippen molar-refractivity contribution in [1.29, 1.82) is 0 Å². The first kappa shape index (κ1) is 15.5. The molecule has 1 aromatic carbocycles. The molecule has 1 unspecified atom stereocenters. The maximum absolute atomic E-state index is 13.4. The third-order valence-electron chi connectivity index (χ3n) is 2.43. The quantitative estimate of drug-likeness (QED) is 0.509. The van der Waals surface area contributed by atoms with Gasteiger partial charge in [0.1, 0.15) is 11.9 Å². The lowest BCUT2D eigenvalue weighted by Crippen LogP contribution is -2.41. The lowest BCUT2D eigenvalue weighted by Gasteiger charge is -2.13. The molecule has 0 aliphatic carbocycles. The monoisotopic (exact) mass is 286 g/mol. The Labute approximate surface area is 112 Å². The third kappa shape index (κ3) is 3.72. The van der Waals surface area contributed by atoms with Gasteiger partial charge in [-0.3, -0.25) is 14.9 Å². The minimum Gasteiger partial charge on any atom is -0.480 e. The van der Waals surface area contributed by atoms with Crippen LogP contribution in [0.5, 0.6) is 0 Å². The molecule has 1 amide bonds. The molecule has 1 aromatic rings. The van der Waals surface area contributed by atoms with E-state index in [0.717, 1.165) is 12.1 Å². The number of rotatable bonds is 6. The van der Waals surface area contributed by atoms with Crippen LogP contribution in [-0.4, -0.2) is 39.7 Å². The molecule has 0 bridgehead atoms. The summed E-state index contributed by atoms with van der Waals surface area (Å²) < 4.78 is 13.4. The number of nitrogens with one attached hydrogen (secondary N) is 1. The summed E-state index contributed by atoms with van der Waals surface area (Å²) >= 11 is 0. The van der Waals surface area contributed by atoms with Crippen molar-refractivity contribution in [2.75, 3.05) is 6.61 Å². The van der Waals surface area contributed by atoms with Gasteiger partial charge in [0.25, 0.3) is 11.6 Å². The van der Waals surface area contributed by atoms with Crippen molar-refractivity contribution in [2.45, 2.75) is 12.5 Å². The maximum Gasteiger partial charge on any atom is 0.326 e. The third-order valence-corrected chi connectivity index (χ3v) is 2.43. The predicted octanol–water partition coefficient (Wildman–Crippen LogP) is 0.299. The highest BCUT2D eigenvalue weighted by Crippen LogP contribution is 2.17. The number of nitrogens with zero attached hydrogens (tertiary/aromatic N) is 1. The molecule has 9 heteroatoms. The molecule has 0 heterocycles. The molecule has 0 radical (unpaired) electrons. The highest BCUT2D eigenvalue weighted by molar-refractivity contribution is 5.97. The molecule has 0 spiro atoms. The van der Waals surface area contributed by atoms with E-state index in [4.69, 9.17) is 10.2 Å². The van der Waals surface area contributed by atoms with Gasteiger partial charge in [-0.2, -0.15) is 0 Å². The number of nitro benzene ring substituents is 1. The number of carboxylic acid groups (broad SMARTS) is 1. The van der Waals surface area contributed by atoms with Gasteiger partial charge in [-0.05, 0) is 6.07 Å². The number of non-ortho nitro benzene ring substituents is 1. The first-order valence-corrected chi connectivity index (χ1v) is 5.45. The number of carboxylic acids is 1. The van der Waals surface area contributed by atoms with Crippen molar-refractivity contribution in [3.05, 3.63) is 39.7 Å². The van der Waals surface area contributed by atoms with Crippen molar-refractivity contribution in [1.82, 2.24) is 5.32 Å². The number of aliphatic carboxylic acids is 1. The second kappa shape index (κ2) is 6.57. The Hall–Kier alpha value is -2.55. The molecule has 20 heavy (non-hydrogen) atoms. The van der Waals surface area contributed by atoms with E-state index >= 15 is 0 Å². The van der Waals surface area contributed by atoms with Crippen LogP contribution in [0.25, 0.3) is 0 Å². The number of carbonyl (C=O) groups is 2. The van der Waals surface area contributed by atoms with Crippen LogP contribution in [-0.2, 0) is 4.79 Å².